The molecule has 0 aliphatic heterocycles. The number of hydrogen-bond acceptors (Lipinski definition) is 2. The zero-order valence-electron chi connectivity index (χ0n) is 13.0. The summed E-state index contributed by atoms with van der Waals surface area (Å²) in [6, 6.07) is 11.5. The minimum atomic E-state index is 0.497. The summed E-state index contributed by atoms with van der Waals surface area (Å²) in [5.74, 6) is 0.784. The van der Waals surface area contributed by atoms with Crippen molar-refractivity contribution in [2.75, 3.05) is 6.54 Å². The number of fused-ring (bicyclic) bond motifs is 1. The molecule has 0 radical (unpaired) electrons. The van der Waals surface area contributed by atoms with Crippen LogP contribution in [0.5, 0.6) is 0 Å². The van der Waals surface area contributed by atoms with Crippen molar-refractivity contribution in [3.63, 3.8) is 0 Å². The van der Waals surface area contributed by atoms with Crippen LogP contribution in [-0.4, -0.2) is 11.5 Å². The molecule has 21 heavy (non-hydrogen) atoms. The lowest BCUT2D eigenvalue weighted by Gasteiger charge is -2.31. The van der Waals surface area contributed by atoms with E-state index in [1.54, 1.807) is 0 Å². The van der Waals surface area contributed by atoms with Gasteiger partial charge in [-0.25, -0.2) is 0 Å². The summed E-state index contributed by atoms with van der Waals surface area (Å²) in [5.41, 5.74) is 2.54. The summed E-state index contributed by atoms with van der Waals surface area (Å²) in [6.45, 7) is 3.34. The van der Waals surface area contributed by atoms with Crippen LogP contribution in [-0.2, 0) is 0 Å². The Bertz CT molecular complexity index is 573. The van der Waals surface area contributed by atoms with Crippen LogP contribution in [0.15, 0.2) is 36.5 Å². The van der Waals surface area contributed by atoms with Crippen molar-refractivity contribution < 1.29 is 0 Å². The summed E-state index contributed by atoms with van der Waals surface area (Å²) < 4.78 is 0. The van der Waals surface area contributed by atoms with Gasteiger partial charge in [-0.2, -0.15) is 0 Å². The van der Waals surface area contributed by atoms with Gasteiger partial charge in [-0.15, -0.1) is 0 Å². The smallest absolute Gasteiger partial charge is 0.0705 e. The van der Waals surface area contributed by atoms with Gasteiger partial charge in [-0.05, 0) is 49.4 Å². The molecule has 2 heteroatoms. The maximum absolute atomic E-state index is 4.52. The summed E-state index contributed by atoms with van der Waals surface area (Å²) >= 11 is 0. The Morgan fingerprint density at radius 1 is 1.19 bits per heavy atom. The maximum Gasteiger partial charge on any atom is 0.0705 e. The zero-order chi connectivity index (χ0) is 14.5. The molecule has 1 fully saturated rings. The quantitative estimate of drug-likeness (QED) is 0.847. The monoisotopic (exact) mass is 282 g/mol. The first-order chi connectivity index (χ1) is 10.4. The van der Waals surface area contributed by atoms with E-state index in [9.17, 15) is 0 Å². The first-order valence-corrected chi connectivity index (χ1v) is 8.46. The average molecular weight is 282 g/mol. The number of benzene rings is 1. The van der Waals surface area contributed by atoms with Gasteiger partial charge in [0.2, 0.25) is 0 Å². The Labute approximate surface area is 128 Å². The highest BCUT2D eigenvalue weighted by Gasteiger charge is 2.24. The van der Waals surface area contributed by atoms with Gasteiger partial charge < -0.3 is 5.32 Å². The van der Waals surface area contributed by atoms with E-state index in [1.807, 2.05) is 12.3 Å². The molecular weight excluding hydrogens is 256 g/mol. The molecule has 0 saturated heterocycles. The van der Waals surface area contributed by atoms with Gasteiger partial charge in [0, 0.05) is 17.6 Å². The minimum Gasteiger partial charge on any atom is -0.310 e. The third-order valence-corrected chi connectivity index (χ3v) is 4.72. The van der Waals surface area contributed by atoms with E-state index in [2.05, 4.69) is 41.5 Å². The first-order valence-electron chi connectivity index (χ1n) is 8.46. The van der Waals surface area contributed by atoms with E-state index >= 15 is 0 Å². The summed E-state index contributed by atoms with van der Waals surface area (Å²) in [6.07, 6.45) is 10.00. The average Bonchev–Trinajstić information content (AvgIpc) is 2.56. The maximum atomic E-state index is 4.52. The number of pyridine rings is 1. The normalized spacial score (nSPS) is 18.0. The third-order valence-electron chi connectivity index (χ3n) is 4.72. The van der Waals surface area contributed by atoms with Crippen LogP contribution in [0.3, 0.4) is 0 Å². The fourth-order valence-electron chi connectivity index (χ4n) is 3.60. The molecule has 1 atom stereocenters. The molecule has 1 aromatic heterocycles. The van der Waals surface area contributed by atoms with Crippen LogP contribution in [0.4, 0.5) is 0 Å². The van der Waals surface area contributed by atoms with E-state index in [0.717, 1.165) is 18.0 Å². The Morgan fingerprint density at radius 2 is 2.05 bits per heavy atom. The lowest BCUT2D eigenvalue weighted by molar-refractivity contribution is 0.272. The number of hydrogen-bond donors (Lipinski definition) is 1. The van der Waals surface area contributed by atoms with Gasteiger partial charge in [0.25, 0.3) is 0 Å². The van der Waals surface area contributed by atoms with E-state index < -0.39 is 0 Å². The second-order valence-corrected chi connectivity index (χ2v) is 6.29. The van der Waals surface area contributed by atoms with Crippen LogP contribution < -0.4 is 5.32 Å². The molecule has 1 aliphatic rings. The standard InChI is InChI=1S/C19H26N2/c1-2-12-21-19(16-7-4-3-5-8-16)17-11-10-15-9-6-13-20-18(15)14-17/h6,9-11,13-14,16,19,21H,2-5,7-8,12H2,1H3. The molecule has 1 heterocycles. The van der Waals surface area contributed by atoms with Crippen LogP contribution in [0.25, 0.3) is 10.9 Å². The number of rotatable bonds is 5. The van der Waals surface area contributed by atoms with Crippen LogP contribution >= 0.6 is 0 Å². The predicted molar refractivity (Wildman–Crippen MR) is 89.4 cm³/mol. The highest BCUT2D eigenvalue weighted by molar-refractivity contribution is 5.79. The molecular formula is C19H26N2. The van der Waals surface area contributed by atoms with Crippen LogP contribution in [0.2, 0.25) is 0 Å². The van der Waals surface area contributed by atoms with Crippen LogP contribution in [0, 0.1) is 5.92 Å². The third kappa shape index (κ3) is 3.44. The molecule has 1 aliphatic carbocycles. The molecule has 0 bridgehead atoms. The van der Waals surface area contributed by atoms with Crippen molar-refractivity contribution >= 4 is 10.9 Å². The number of nitrogens with zero attached hydrogens (tertiary/aromatic N) is 1. The second kappa shape index (κ2) is 7.04. The molecule has 2 nitrogen and oxygen atoms in total. The van der Waals surface area contributed by atoms with E-state index in [1.165, 1.54) is 49.5 Å². The van der Waals surface area contributed by atoms with Gasteiger partial charge in [0.1, 0.15) is 0 Å². The minimum absolute atomic E-state index is 0.497. The van der Waals surface area contributed by atoms with Crippen molar-refractivity contribution in [1.29, 1.82) is 0 Å². The van der Waals surface area contributed by atoms with Gasteiger partial charge in [0.05, 0.1) is 5.52 Å². The van der Waals surface area contributed by atoms with Crippen molar-refractivity contribution in [2.45, 2.75) is 51.5 Å². The largest absolute Gasteiger partial charge is 0.310 e. The van der Waals surface area contributed by atoms with Gasteiger partial charge >= 0.3 is 0 Å². The molecule has 1 N–H and O–H groups in total. The SMILES string of the molecule is CCCNC(c1ccc2cccnc2c1)C1CCCCC1. The van der Waals surface area contributed by atoms with Crippen molar-refractivity contribution in [3.05, 3.63) is 42.1 Å². The Hall–Kier alpha value is -1.41. The molecule has 1 unspecified atom stereocenters. The number of aromatic nitrogens is 1. The van der Waals surface area contributed by atoms with E-state index in [-0.39, 0.29) is 0 Å². The number of nitrogens with one attached hydrogen (secondary N) is 1. The molecule has 1 aromatic carbocycles. The molecule has 112 valence electrons. The first kappa shape index (κ1) is 14.5. The summed E-state index contributed by atoms with van der Waals surface area (Å²) in [4.78, 5) is 4.52. The van der Waals surface area contributed by atoms with E-state index in [4.69, 9.17) is 0 Å². The van der Waals surface area contributed by atoms with Crippen molar-refractivity contribution in [2.24, 2.45) is 5.92 Å². The highest BCUT2D eigenvalue weighted by Crippen LogP contribution is 2.35. The second-order valence-electron chi connectivity index (χ2n) is 6.29. The molecule has 3 rings (SSSR count). The topological polar surface area (TPSA) is 24.9 Å². The Kier molecular flexibility index (Phi) is 4.87. The van der Waals surface area contributed by atoms with E-state index in [0.29, 0.717) is 6.04 Å². The van der Waals surface area contributed by atoms with Crippen LogP contribution in [0.1, 0.15) is 57.1 Å². The van der Waals surface area contributed by atoms with Crippen molar-refractivity contribution in [3.8, 4) is 0 Å². The fourth-order valence-corrected chi connectivity index (χ4v) is 3.60. The zero-order valence-corrected chi connectivity index (χ0v) is 13.0. The van der Waals surface area contributed by atoms with Crippen molar-refractivity contribution in [1.82, 2.24) is 10.3 Å². The van der Waals surface area contributed by atoms with Gasteiger partial charge in [0.15, 0.2) is 0 Å². The highest BCUT2D eigenvalue weighted by atomic mass is 14.9. The predicted octanol–water partition coefficient (Wildman–Crippen LogP) is 4.86. The molecule has 0 amide bonds. The van der Waals surface area contributed by atoms with Gasteiger partial charge in [-0.3, -0.25) is 4.98 Å². The molecule has 2 aromatic rings. The summed E-state index contributed by atoms with van der Waals surface area (Å²) in [5, 5.41) is 5.03. The fraction of sp³-hybridized carbons (Fsp3) is 0.526. The Balaban J connectivity index is 1.88. The summed E-state index contributed by atoms with van der Waals surface area (Å²) in [7, 11) is 0. The van der Waals surface area contributed by atoms with Gasteiger partial charge in [-0.1, -0.05) is 44.4 Å². The Morgan fingerprint density at radius 3 is 2.86 bits per heavy atom. The lowest BCUT2D eigenvalue weighted by atomic mass is 9.81. The molecule has 1 saturated carbocycles. The lowest BCUT2D eigenvalue weighted by Crippen LogP contribution is -2.30. The molecule has 0 spiro atoms.